The van der Waals surface area contributed by atoms with Crippen LogP contribution in [0.3, 0.4) is 0 Å². The van der Waals surface area contributed by atoms with Gasteiger partial charge in [-0.3, -0.25) is 15.0 Å². The molecule has 4 N–H and O–H groups in total. The van der Waals surface area contributed by atoms with Gasteiger partial charge in [-0.25, -0.2) is 0 Å². The van der Waals surface area contributed by atoms with E-state index in [-0.39, 0.29) is 48.7 Å². The third-order valence-corrected chi connectivity index (χ3v) is 9.30. The van der Waals surface area contributed by atoms with Gasteiger partial charge in [0.1, 0.15) is 28.7 Å². The first-order valence-electron chi connectivity index (χ1n) is 17.7. The molecule has 3 heterocycles. The molecular weight excluding hydrogens is 707 g/mol. The molecular formula is C43H33N9O4. The Balaban J connectivity index is 1.30. The molecule has 274 valence electrons. The fourth-order valence-electron chi connectivity index (χ4n) is 6.54. The van der Waals surface area contributed by atoms with Crippen LogP contribution in [0.1, 0.15) is 44.5 Å². The zero-order valence-electron chi connectivity index (χ0n) is 29.8. The monoisotopic (exact) mass is 739 g/mol. The SMILES string of the molecule is Oc1c2cccc1Cc1cc(N=Nc3cccnc3)cc(c1O)Cc1cc(N=Nc3ccncc3)cc(c1O)Cc1cc(N=Nc3ccncc3)cc(c1O)C2. The number of rotatable bonds is 6. The van der Waals surface area contributed by atoms with Gasteiger partial charge in [0, 0.05) is 90.0 Å². The van der Waals surface area contributed by atoms with Gasteiger partial charge in [-0.05, 0) is 83.9 Å². The molecule has 8 bridgehead atoms. The minimum atomic E-state index is -0.0454. The third-order valence-electron chi connectivity index (χ3n) is 9.30. The van der Waals surface area contributed by atoms with Gasteiger partial charge in [-0.2, -0.15) is 25.6 Å². The molecule has 7 aromatic rings. The van der Waals surface area contributed by atoms with Crippen LogP contribution in [-0.4, -0.2) is 35.4 Å². The maximum atomic E-state index is 11.9. The summed E-state index contributed by atoms with van der Waals surface area (Å²) in [5.74, 6) is -0.0456. The van der Waals surface area contributed by atoms with Crippen LogP contribution in [0, 0.1) is 0 Å². The van der Waals surface area contributed by atoms with Gasteiger partial charge >= 0.3 is 0 Å². The quantitative estimate of drug-likeness (QED) is 0.122. The molecule has 1 aliphatic rings. The number of phenols is 4. The highest BCUT2D eigenvalue weighted by molar-refractivity contribution is 5.62. The Morgan fingerprint density at radius 3 is 1.04 bits per heavy atom. The summed E-state index contributed by atoms with van der Waals surface area (Å²) in [5.41, 5.74) is 6.96. The van der Waals surface area contributed by atoms with Crippen molar-refractivity contribution >= 4 is 34.1 Å². The smallest absolute Gasteiger partial charge is 0.122 e. The van der Waals surface area contributed by atoms with Crippen molar-refractivity contribution in [1.29, 1.82) is 0 Å². The average molecular weight is 740 g/mol. The van der Waals surface area contributed by atoms with Crippen LogP contribution in [0.5, 0.6) is 23.0 Å². The predicted molar refractivity (Wildman–Crippen MR) is 209 cm³/mol. The number of phenolic OH excluding ortho intramolecular Hbond substituents is 4. The molecule has 0 amide bonds. The Bertz CT molecular complexity index is 2490. The summed E-state index contributed by atoms with van der Waals surface area (Å²) in [5, 5.41) is 73.7. The Kier molecular flexibility index (Phi) is 9.94. The fourth-order valence-corrected chi connectivity index (χ4v) is 6.54. The van der Waals surface area contributed by atoms with E-state index < -0.39 is 0 Å². The molecule has 0 spiro atoms. The van der Waals surface area contributed by atoms with E-state index in [1.807, 2.05) is 6.07 Å². The van der Waals surface area contributed by atoms with Gasteiger partial charge < -0.3 is 20.4 Å². The molecule has 4 aromatic carbocycles. The largest absolute Gasteiger partial charge is 0.507 e. The summed E-state index contributed by atoms with van der Waals surface area (Å²) in [6.45, 7) is 0. The van der Waals surface area contributed by atoms with Crippen molar-refractivity contribution in [2.75, 3.05) is 0 Å². The number of hydrogen-bond donors (Lipinski definition) is 4. The zero-order valence-corrected chi connectivity index (χ0v) is 29.8. The van der Waals surface area contributed by atoms with Crippen molar-refractivity contribution in [2.45, 2.75) is 25.7 Å². The molecule has 8 rings (SSSR count). The second-order valence-corrected chi connectivity index (χ2v) is 13.2. The molecule has 56 heavy (non-hydrogen) atoms. The van der Waals surface area contributed by atoms with Crippen LogP contribution in [0.2, 0.25) is 0 Å². The van der Waals surface area contributed by atoms with E-state index in [9.17, 15) is 20.4 Å². The van der Waals surface area contributed by atoms with Crippen molar-refractivity contribution in [3.8, 4) is 23.0 Å². The van der Waals surface area contributed by atoms with Gasteiger partial charge in [0.05, 0.1) is 34.6 Å². The van der Waals surface area contributed by atoms with Crippen LogP contribution in [0.4, 0.5) is 34.1 Å². The van der Waals surface area contributed by atoms with Gasteiger partial charge in [-0.15, -0.1) is 5.11 Å². The summed E-state index contributed by atoms with van der Waals surface area (Å²) < 4.78 is 0. The fraction of sp³-hybridized carbons (Fsp3) is 0.0930. The van der Waals surface area contributed by atoms with Crippen molar-refractivity contribution < 1.29 is 20.4 Å². The highest BCUT2D eigenvalue weighted by Crippen LogP contribution is 2.41. The maximum Gasteiger partial charge on any atom is 0.122 e. The van der Waals surface area contributed by atoms with E-state index in [2.05, 4.69) is 45.6 Å². The van der Waals surface area contributed by atoms with E-state index in [1.54, 1.807) is 122 Å². The molecule has 3 aromatic heterocycles. The Hall–Kier alpha value is -7.67. The molecule has 0 aliphatic heterocycles. The molecule has 13 heteroatoms. The van der Waals surface area contributed by atoms with Crippen molar-refractivity contribution in [1.82, 2.24) is 15.0 Å². The van der Waals surface area contributed by atoms with Crippen LogP contribution < -0.4 is 0 Å². The number of benzene rings is 4. The molecule has 0 saturated carbocycles. The topological polar surface area (TPSA) is 194 Å². The summed E-state index contributed by atoms with van der Waals surface area (Å²) in [6, 6.07) is 26.1. The van der Waals surface area contributed by atoms with E-state index >= 15 is 0 Å². The van der Waals surface area contributed by atoms with E-state index in [0.29, 0.717) is 78.6 Å². The van der Waals surface area contributed by atoms with E-state index in [4.69, 9.17) is 0 Å². The van der Waals surface area contributed by atoms with Crippen molar-refractivity contribution in [2.24, 2.45) is 30.7 Å². The van der Waals surface area contributed by atoms with Gasteiger partial charge in [0.15, 0.2) is 0 Å². The first-order valence-corrected chi connectivity index (χ1v) is 17.7. The van der Waals surface area contributed by atoms with Crippen molar-refractivity contribution in [3.05, 3.63) is 173 Å². The number of aromatic nitrogens is 3. The summed E-state index contributed by atoms with van der Waals surface area (Å²) in [4.78, 5) is 12.2. The first-order chi connectivity index (χ1) is 27.4. The second-order valence-electron chi connectivity index (χ2n) is 13.2. The summed E-state index contributed by atoms with van der Waals surface area (Å²) in [7, 11) is 0. The normalized spacial score (nSPS) is 12.8. The lowest BCUT2D eigenvalue weighted by molar-refractivity contribution is 0.450. The lowest BCUT2D eigenvalue weighted by Crippen LogP contribution is -2.01. The van der Waals surface area contributed by atoms with E-state index in [0.717, 1.165) is 0 Å². The minimum absolute atomic E-state index is 0.0130. The Morgan fingerprint density at radius 1 is 0.321 bits per heavy atom. The third kappa shape index (κ3) is 7.96. The standard InChI is InChI=1S/C43H33N9O4/c53-40-26-3-1-4-27(40)16-29-20-39(52-49-36-5-2-10-46-25-36)24-31(42(29)55)18-33-23-38(51-48-35-8-13-45-14-9-35)22-32(43(33)56)17-30-21-37(19-28(15-26)41(30)54)50-47-34-6-11-44-12-7-34/h1-14,19-25,53-56H,15-18H2. The number of hydrogen-bond acceptors (Lipinski definition) is 13. The number of pyridine rings is 3. The van der Waals surface area contributed by atoms with Gasteiger partial charge in [0.2, 0.25) is 0 Å². The molecule has 0 radical (unpaired) electrons. The highest BCUT2D eigenvalue weighted by Gasteiger charge is 2.21. The number of aromatic hydroxyl groups is 4. The molecule has 0 unspecified atom stereocenters. The number of fused-ring (bicyclic) bond motifs is 8. The lowest BCUT2D eigenvalue weighted by atomic mass is 9.90. The lowest BCUT2D eigenvalue weighted by Gasteiger charge is -2.18. The molecule has 0 fully saturated rings. The zero-order chi connectivity index (χ0) is 38.4. The Morgan fingerprint density at radius 2 is 0.661 bits per heavy atom. The Labute approximate surface area is 320 Å². The van der Waals surface area contributed by atoms with Crippen LogP contribution in [-0.2, 0) is 25.7 Å². The van der Waals surface area contributed by atoms with Crippen LogP contribution >= 0.6 is 0 Å². The van der Waals surface area contributed by atoms with Crippen LogP contribution in [0.25, 0.3) is 0 Å². The van der Waals surface area contributed by atoms with Gasteiger partial charge in [0.25, 0.3) is 0 Å². The molecule has 0 atom stereocenters. The summed E-state index contributed by atoms with van der Waals surface area (Å²) in [6.07, 6.45) is 10.1. The molecule has 0 saturated heterocycles. The maximum absolute atomic E-state index is 11.9. The highest BCUT2D eigenvalue weighted by atomic mass is 16.3. The average Bonchev–Trinajstić information content (AvgIpc) is 3.22. The minimum Gasteiger partial charge on any atom is -0.507 e. The number of para-hydroxylation sites is 1. The molecule has 1 aliphatic carbocycles. The van der Waals surface area contributed by atoms with Crippen molar-refractivity contribution in [3.63, 3.8) is 0 Å². The predicted octanol–water partition coefficient (Wildman–Crippen LogP) is 10.6. The van der Waals surface area contributed by atoms with Crippen LogP contribution in [0.15, 0.2) is 159 Å². The van der Waals surface area contributed by atoms with Gasteiger partial charge in [-0.1, -0.05) is 18.2 Å². The molecule has 13 nitrogen and oxygen atoms in total. The second kappa shape index (κ2) is 15.7. The number of nitrogens with zero attached hydrogens (tertiary/aromatic N) is 9. The van der Waals surface area contributed by atoms with E-state index in [1.165, 1.54) is 0 Å². The number of azo groups is 3. The first kappa shape index (κ1) is 35.4. The summed E-state index contributed by atoms with van der Waals surface area (Å²) >= 11 is 0.